The van der Waals surface area contributed by atoms with Crippen LogP contribution in [0, 0.1) is 11.8 Å². The number of hydrogen-bond acceptors (Lipinski definition) is 3. The molecule has 2 bridgehead atoms. The number of nitrogens with one attached hydrogen (secondary N) is 2. The zero-order valence-corrected chi connectivity index (χ0v) is 11.4. The molecule has 2 fully saturated rings. The molecule has 3 rings (SSSR count). The van der Waals surface area contributed by atoms with Crippen molar-refractivity contribution in [2.75, 3.05) is 5.43 Å². The second-order valence-corrected chi connectivity index (χ2v) is 6.03. The van der Waals surface area contributed by atoms with E-state index < -0.39 is 0 Å². The lowest BCUT2D eigenvalue weighted by Crippen LogP contribution is -2.38. The Bertz CT molecular complexity index is 505. The summed E-state index contributed by atoms with van der Waals surface area (Å²) in [7, 11) is 0. The molecular weight excluding hydrogens is 262 g/mol. The van der Waals surface area contributed by atoms with Crippen LogP contribution in [0.25, 0.3) is 0 Å². The lowest BCUT2D eigenvalue weighted by atomic mass is 9.95. The Kier molecular flexibility index (Phi) is 3.37. The van der Waals surface area contributed by atoms with Crippen molar-refractivity contribution in [1.29, 1.82) is 0 Å². The number of anilines is 1. The number of fused-ring (bicyclic) bond motifs is 2. The van der Waals surface area contributed by atoms with Crippen LogP contribution in [-0.2, 0) is 0 Å². The van der Waals surface area contributed by atoms with Gasteiger partial charge in [0.15, 0.2) is 0 Å². The molecular formula is C14H18ClN3O. The maximum absolute atomic E-state index is 12.3. The number of carbonyl (C=O) groups is 1. The summed E-state index contributed by atoms with van der Waals surface area (Å²) in [4.78, 5) is 12.3. The zero-order chi connectivity index (χ0) is 13.4. The van der Waals surface area contributed by atoms with Crippen LogP contribution >= 0.6 is 11.6 Å². The third-order valence-corrected chi connectivity index (χ3v) is 4.67. The number of halogens is 1. The van der Waals surface area contributed by atoms with E-state index in [0.29, 0.717) is 28.2 Å². The molecule has 102 valence electrons. The first kappa shape index (κ1) is 12.8. The van der Waals surface area contributed by atoms with Crippen molar-refractivity contribution in [2.45, 2.75) is 31.7 Å². The molecule has 2 saturated carbocycles. The Balaban J connectivity index is 1.75. The van der Waals surface area contributed by atoms with E-state index in [1.807, 2.05) is 0 Å². The highest BCUT2D eigenvalue weighted by molar-refractivity contribution is 6.31. The highest BCUT2D eigenvalue weighted by Gasteiger charge is 2.40. The molecule has 5 heteroatoms. The van der Waals surface area contributed by atoms with Crippen molar-refractivity contribution >= 4 is 23.2 Å². The maximum Gasteiger partial charge on any atom is 0.253 e. The van der Waals surface area contributed by atoms with Gasteiger partial charge in [-0.3, -0.25) is 10.6 Å². The third kappa shape index (κ3) is 2.42. The van der Waals surface area contributed by atoms with Crippen LogP contribution < -0.4 is 16.6 Å². The minimum atomic E-state index is -0.0898. The van der Waals surface area contributed by atoms with Crippen molar-refractivity contribution in [2.24, 2.45) is 17.7 Å². The number of nitrogen functional groups attached to an aromatic ring is 1. The third-order valence-electron chi connectivity index (χ3n) is 4.44. The largest absolute Gasteiger partial charge is 0.349 e. The SMILES string of the molecule is NNc1ccc(Cl)cc1C(=O)NC1CC2CCC1C2. The van der Waals surface area contributed by atoms with Crippen LogP contribution in [-0.4, -0.2) is 11.9 Å². The van der Waals surface area contributed by atoms with Gasteiger partial charge >= 0.3 is 0 Å². The topological polar surface area (TPSA) is 67.1 Å². The van der Waals surface area contributed by atoms with Crippen molar-refractivity contribution in [3.05, 3.63) is 28.8 Å². The number of hydrazine groups is 1. The molecule has 0 spiro atoms. The average molecular weight is 280 g/mol. The Morgan fingerprint density at radius 3 is 2.79 bits per heavy atom. The first-order chi connectivity index (χ1) is 9.17. The second kappa shape index (κ2) is 5.02. The normalized spacial score (nSPS) is 28.4. The smallest absolute Gasteiger partial charge is 0.253 e. The number of hydrogen-bond donors (Lipinski definition) is 3. The van der Waals surface area contributed by atoms with Crippen LogP contribution in [0.5, 0.6) is 0 Å². The van der Waals surface area contributed by atoms with E-state index in [1.54, 1.807) is 18.2 Å². The first-order valence-corrected chi connectivity index (χ1v) is 7.12. The van der Waals surface area contributed by atoms with Crippen LogP contribution in [0.1, 0.15) is 36.0 Å². The summed E-state index contributed by atoms with van der Waals surface area (Å²) in [5.41, 5.74) is 3.66. The van der Waals surface area contributed by atoms with Gasteiger partial charge in [0.05, 0.1) is 11.3 Å². The molecule has 1 aromatic carbocycles. The number of nitrogens with two attached hydrogens (primary N) is 1. The van der Waals surface area contributed by atoms with Gasteiger partial charge in [-0.25, -0.2) is 0 Å². The van der Waals surface area contributed by atoms with Crippen LogP contribution in [0.2, 0.25) is 5.02 Å². The number of rotatable bonds is 3. The number of carbonyl (C=O) groups excluding carboxylic acids is 1. The Hall–Kier alpha value is -1.26. The predicted octanol–water partition coefficient (Wildman–Crippen LogP) is 2.54. The Morgan fingerprint density at radius 1 is 1.32 bits per heavy atom. The van der Waals surface area contributed by atoms with E-state index >= 15 is 0 Å². The fourth-order valence-electron chi connectivity index (χ4n) is 3.50. The first-order valence-electron chi connectivity index (χ1n) is 6.74. The van der Waals surface area contributed by atoms with E-state index in [9.17, 15) is 4.79 Å². The summed E-state index contributed by atoms with van der Waals surface area (Å²) in [5.74, 6) is 6.81. The highest BCUT2D eigenvalue weighted by Crippen LogP contribution is 2.44. The van der Waals surface area contributed by atoms with E-state index in [0.717, 1.165) is 12.3 Å². The number of benzene rings is 1. The maximum atomic E-state index is 12.3. The van der Waals surface area contributed by atoms with Gasteiger partial charge in [0, 0.05) is 11.1 Å². The molecule has 0 aliphatic heterocycles. The Labute approximate surface area is 117 Å². The molecule has 1 amide bonds. The molecule has 2 aliphatic rings. The summed E-state index contributed by atoms with van der Waals surface area (Å²) >= 11 is 5.95. The van der Waals surface area contributed by atoms with Crippen LogP contribution in [0.4, 0.5) is 5.69 Å². The van der Waals surface area contributed by atoms with Crippen LogP contribution in [0.15, 0.2) is 18.2 Å². The van der Waals surface area contributed by atoms with E-state index in [-0.39, 0.29) is 5.91 Å². The highest BCUT2D eigenvalue weighted by atomic mass is 35.5. The molecule has 4 N–H and O–H groups in total. The fraction of sp³-hybridized carbons (Fsp3) is 0.500. The standard InChI is InChI=1S/C14H18ClN3O/c15-10-3-4-12(18-16)11(7-10)14(19)17-13-6-8-1-2-9(13)5-8/h3-4,7-9,13,18H,1-2,5-6,16H2,(H,17,19). The summed E-state index contributed by atoms with van der Waals surface area (Å²) in [6, 6.07) is 5.40. The van der Waals surface area contributed by atoms with Gasteiger partial charge in [-0.15, -0.1) is 0 Å². The summed E-state index contributed by atoms with van der Waals surface area (Å²) in [5, 5.41) is 3.67. The number of amides is 1. The second-order valence-electron chi connectivity index (χ2n) is 5.59. The zero-order valence-electron chi connectivity index (χ0n) is 10.7. The van der Waals surface area contributed by atoms with E-state index in [1.165, 1.54) is 19.3 Å². The van der Waals surface area contributed by atoms with Gasteiger partial charge in [-0.2, -0.15) is 0 Å². The average Bonchev–Trinajstić information content (AvgIpc) is 3.01. The van der Waals surface area contributed by atoms with Crippen molar-refractivity contribution in [3.8, 4) is 0 Å². The lowest BCUT2D eigenvalue weighted by Gasteiger charge is -2.23. The minimum absolute atomic E-state index is 0.0898. The van der Waals surface area contributed by atoms with E-state index in [2.05, 4.69) is 10.7 Å². The molecule has 19 heavy (non-hydrogen) atoms. The lowest BCUT2D eigenvalue weighted by molar-refractivity contribution is 0.0923. The molecule has 3 unspecified atom stereocenters. The van der Waals surface area contributed by atoms with Gasteiger partial charge in [0.25, 0.3) is 5.91 Å². The monoisotopic (exact) mass is 279 g/mol. The Morgan fingerprint density at radius 2 is 2.16 bits per heavy atom. The summed E-state index contributed by atoms with van der Waals surface area (Å²) in [6.07, 6.45) is 4.95. The van der Waals surface area contributed by atoms with Crippen molar-refractivity contribution in [1.82, 2.24) is 5.32 Å². The molecule has 0 aromatic heterocycles. The van der Waals surface area contributed by atoms with E-state index in [4.69, 9.17) is 17.4 Å². The summed E-state index contributed by atoms with van der Waals surface area (Å²) in [6.45, 7) is 0. The fourth-order valence-corrected chi connectivity index (χ4v) is 3.67. The molecule has 1 aromatic rings. The van der Waals surface area contributed by atoms with Gasteiger partial charge in [0.1, 0.15) is 0 Å². The van der Waals surface area contributed by atoms with Gasteiger partial charge in [0.2, 0.25) is 0 Å². The molecule has 3 atom stereocenters. The van der Waals surface area contributed by atoms with Crippen molar-refractivity contribution in [3.63, 3.8) is 0 Å². The molecule has 0 saturated heterocycles. The van der Waals surface area contributed by atoms with Gasteiger partial charge < -0.3 is 10.7 Å². The summed E-state index contributed by atoms with van der Waals surface area (Å²) < 4.78 is 0. The molecule has 4 nitrogen and oxygen atoms in total. The molecule has 2 aliphatic carbocycles. The van der Waals surface area contributed by atoms with Crippen LogP contribution in [0.3, 0.4) is 0 Å². The molecule has 0 radical (unpaired) electrons. The van der Waals surface area contributed by atoms with Gasteiger partial charge in [-0.05, 0) is 49.3 Å². The predicted molar refractivity (Wildman–Crippen MR) is 76.0 cm³/mol. The molecule has 0 heterocycles. The minimum Gasteiger partial charge on any atom is -0.349 e. The van der Waals surface area contributed by atoms with Crippen molar-refractivity contribution < 1.29 is 4.79 Å². The quantitative estimate of drug-likeness (QED) is 0.588. The van der Waals surface area contributed by atoms with Gasteiger partial charge in [-0.1, -0.05) is 18.0 Å².